The van der Waals surface area contributed by atoms with E-state index in [1.165, 1.54) is 18.0 Å². The molecule has 1 aromatic carbocycles. The van der Waals surface area contributed by atoms with Crippen LogP contribution in [0.3, 0.4) is 0 Å². The van der Waals surface area contributed by atoms with Gasteiger partial charge in [0.2, 0.25) is 11.8 Å². The molecule has 3 N–H and O–H groups in total. The van der Waals surface area contributed by atoms with E-state index in [0.29, 0.717) is 37.5 Å². The lowest BCUT2D eigenvalue weighted by Gasteiger charge is -2.36. The third-order valence-corrected chi connectivity index (χ3v) is 5.58. The molecule has 1 aliphatic rings. The number of aldehydes is 1. The van der Waals surface area contributed by atoms with Gasteiger partial charge >= 0.3 is 5.97 Å². The van der Waals surface area contributed by atoms with Crippen molar-refractivity contribution in [3.05, 3.63) is 42.2 Å². The molecule has 3 rings (SSSR count). The molecule has 2 aromatic rings. The first-order chi connectivity index (χ1) is 15.8. The maximum Gasteiger partial charge on any atom is 0.305 e. The first kappa shape index (κ1) is 23.8. The Morgan fingerprint density at radius 1 is 1.18 bits per heavy atom. The van der Waals surface area contributed by atoms with E-state index in [9.17, 15) is 24.0 Å². The number of amides is 3. The van der Waals surface area contributed by atoms with Crippen molar-refractivity contribution in [2.24, 2.45) is 0 Å². The van der Waals surface area contributed by atoms with E-state index in [0.717, 1.165) is 5.39 Å². The highest BCUT2D eigenvalue weighted by molar-refractivity contribution is 6.06. The van der Waals surface area contributed by atoms with Crippen LogP contribution in [0.15, 0.2) is 36.5 Å². The summed E-state index contributed by atoms with van der Waals surface area (Å²) in [4.78, 5) is 66.2. The largest absolute Gasteiger partial charge is 0.481 e. The second-order valence-corrected chi connectivity index (χ2v) is 7.97. The van der Waals surface area contributed by atoms with Crippen molar-refractivity contribution in [3.63, 3.8) is 0 Å². The van der Waals surface area contributed by atoms with E-state index < -0.39 is 48.2 Å². The predicted octanol–water partition coefficient (Wildman–Crippen LogP) is 0.893. The molecule has 0 saturated carbocycles. The van der Waals surface area contributed by atoms with Crippen LogP contribution in [0.5, 0.6) is 0 Å². The van der Waals surface area contributed by atoms with Gasteiger partial charge in [-0.1, -0.05) is 24.3 Å². The third kappa shape index (κ3) is 5.71. The molecule has 1 fully saturated rings. The van der Waals surface area contributed by atoms with Crippen LogP contribution in [0, 0.1) is 0 Å². The van der Waals surface area contributed by atoms with Crippen LogP contribution in [0.1, 0.15) is 43.1 Å². The number of aliphatic carboxylic acids is 1. The van der Waals surface area contributed by atoms with Gasteiger partial charge in [-0.2, -0.15) is 0 Å². The van der Waals surface area contributed by atoms with Crippen LogP contribution in [-0.4, -0.2) is 69.6 Å². The number of fused-ring (bicyclic) bond motifs is 1. The Hall–Kier alpha value is -3.82. The van der Waals surface area contributed by atoms with Gasteiger partial charge in [0.05, 0.1) is 12.5 Å². The van der Waals surface area contributed by atoms with Gasteiger partial charge in [0, 0.05) is 18.1 Å². The number of likely N-dealkylation sites (tertiary alicyclic amines) is 1. The number of nitrogens with zero attached hydrogens (tertiary/aromatic N) is 2. The zero-order chi connectivity index (χ0) is 24.0. The number of carboxylic acid groups (broad SMARTS) is 1. The van der Waals surface area contributed by atoms with Crippen molar-refractivity contribution in [3.8, 4) is 0 Å². The second-order valence-electron chi connectivity index (χ2n) is 7.97. The summed E-state index contributed by atoms with van der Waals surface area (Å²) < 4.78 is 0. The summed E-state index contributed by atoms with van der Waals surface area (Å²) in [5.41, 5.74) is 0.197. The maximum atomic E-state index is 13.1. The molecule has 174 valence electrons. The molecule has 0 aliphatic carbocycles. The van der Waals surface area contributed by atoms with Crippen LogP contribution in [-0.2, 0) is 19.2 Å². The Morgan fingerprint density at radius 3 is 2.67 bits per heavy atom. The fourth-order valence-corrected chi connectivity index (χ4v) is 3.94. The quantitative estimate of drug-likeness (QED) is 0.502. The molecule has 3 amide bonds. The van der Waals surface area contributed by atoms with E-state index in [2.05, 4.69) is 15.6 Å². The number of carboxylic acids is 1. The van der Waals surface area contributed by atoms with Gasteiger partial charge in [0.15, 0.2) is 0 Å². The molecule has 1 aromatic heterocycles. The van der Waals surface area contributed by atoms with Crippen molar-refractivity contribution in [2.75, 3.05) is 6.54 Å². The standard InChI is InChI=1S/C23H26N4O6/c1-14(25-22(32)20-17-7-3-2-6-15(17)9-10-24-20)23(33)27-11-5-4-8-18(27)21(31)26-16(13-28)12-19(29)30/h2-3,6-7,9-10,13-14,16,18H,4-5,8,11-12H2,1H3,(H,25,32)(H,26,31)(H,29,30). The highest BCUT2D eigenvalue weighted by Gasteiger charge is 2.35. The van der Waals surface area contributed by atoms with Gasteiger partial charge in [-0.05, 0) is 37.6 Å². The summed E-state index contributed by atoms with van der Waals surface area (Å²) in [5.74, 6) is -2.75. The number of nitrogens with one attached hydrogen (secondary N) is 2. The molecule has 33 heavy (non-hydrogen) atoms. The SMILES string of the molecule is CC(NC(=O)c1nccc2ccccc12)C(=O)N1CCCCC1C(=O)NC(C=O)CC(=O)O. The number of hydrogen-bond donors (Lipinski definition) is 3. The number of piperidine rings is 1. The van der Waals surface area contributed by atoms with Gasteiger partial charge in [-0.25, -0.2) is 0 Å². The monoisotopic (exact) mass is 454 g/mol. The molecular formula is C23H26N4O6. The van der Waals surface area contributed by atoms with Gasteiger partial charge in [-0.3, -0.25) is 24.2 Å². The third-order valence-electron chi connectivity index (χ3n) is 5.58. The summed E-state index contributed by atoms with van der Waals surface area (Å²) in [6.07, 6.45) is 3.11. The number of aromatic nitrogens is 1. The van der Waals surface area contributed by atoms with Crippen LogP contribution >= 0.6 is 0 Å². The molecule has 10 heteroatoms. The lowest BCUT2D eigenvalue weighted by molar-refractivity contribution is -0.144. The van der Waals surface area contributed by atoms with Crippen LogP contribution in [0.2, 0.25) is 0 Å². The van der Waals surface area contributed by atoms with E-state index >= 15 is 0 Å². The Kier molecular flexibility index (Phi) is 7.70. The summed E-state index contributed by atoms with van der Waals surface area (Å²) in [6.45, 7) is 1.85. The van der Waals surface area contributed by atoms with Crippen molar-refractivity contribution >= 4 is 40.7 Å². The second kappa shape index (κ2) is 10.7. The average Bonchev–Trinajstić information content (AvgIpc) is 2.82. The van der Waals surface area contributed by atoms with Crippen molar-refractivity contribution in [1.82, 2.24) is 20.5 Å². The predicted molar refractivity (Wildman–Crippen MR) is 118 cm³/mol. The smallest absolute Gasteiger partial charge is 0.305 e. The minimum atomic E-state index is -1.22. The molecule has 0 bridgehead atoms. The normalized spacial score (nSPS) is 17.6. The Morgan fingerprint density at radius 2 is 1.94 bits per heavy atom. The fraction of sp³-hybridized carbons (Fsp3) is 0.391. The first-order valence-electron chi connectivity index (χ1n) is 10.7. The van der Waals surface area contributed by atoms with Gasteiger partial charge in [-0.15, -0.1) is 0 Å². The van der Waals surface area contributed by atoms with Crippen molar-refractivity contribution in [1.29, 1.82) is 0 Å². The van der Waals surface area contributed by atoms with E-state index in [4.69, 9.17) is 5.11 Å². The number of benzene rings is 1. The minimum Gasteiger partial charge on any atom is -0.481 e. The van der Waals surface area contributed by atoms with Gasteiger partial charge in [0.1, 0.15) is 24.1 Å². The topological polar surface area (TPSA) is 146 Å². The molecule has 0 spiro atoms. The number of carbonyl (C=O) groups is 5. The molecule has 0 radical (unpaired) electrons. The zero-order valence-corrected chi connectivity index (χ0v) is 18.2. The molecule has 3 atom stereocenters. The maximum absolute atomic E-state index is 13.1. The minimum absolute atomic E-state index is 0.197. The lowest BCUT2D eigenvalue weighted by Crippen LogP contribution is -2.58. The molecule has 1 saturated heterocycles. The molecule has 2 heterocycles. The Bertz CT molecular complexity index is 1070. The Labute approximate surface area is 190 Å². The van der Waals surface area contributed by atoms with E-state index in [1.807, 2.05) is 12.1 Å². The summed E-state index contributed by atoms with van der Waals surface area (Å²) in [6, 6.07) is 6.11. The highest BCUT2D eigenvalue weighted by atomic mass is 16.4. The summed E-state index contributed by atoms with van der Waals surface area (Å²) in [7, 11) is 0. The van der Waals surface area contributed by atoms with E-state index in [-0.39, 0.29) is 5.69 Å². The first-order valence-corrected chi connectivity index (χ1v) is 10.7. The number of rotatable bonds is 8. The molecule has 10 nitrogen and oxygen atoms in total. The van der Waals surface area contributed by atoms with Crippen LogP contribution < -0.4 is 10.6 Å². The number of hydrogen-bond acceptors (Lipinski definition) is 6. The van der Waals surface area contributed by atoms with Crippen molar-refractivity contribution in [2.45, 2.75) is 50.7 Å². The molecular weight excluding hydrogens is 428 g/mol. The van der Waals surface area contributed by atoms with E-state index in [1.54, 1.807) is 18.2 Å². The lowest BCUT2D eigenvalue weighted by atomic mass is 9.99. The number of pyridine rings is 1. The zero-order valence-electron chi connectivity index (χ0n) is 18.2. The van der Waals surface area contributed by atoms with Gasteiger partial charge < -0.3 is 25.4 Å². The summed E-state index contributed by atoms with van der Waals surface area (Å²) in [5, 5.41) is 15.4. The average molecular weight is 454 g/mol. The van der Waals surface area contributed by atoms with Crippen molar-refractivity contribution < 1.29 is 29.1 Å². The highest BCUT2D eigenvalue weighted by Crippen LogP contribution is 2.20. The number of carbonyl (C=O) groups excluding carboxylic acids is 4. The summed E-state index contributed by atoms with van der Waals surface area (Å²) >= 11 is 0. The molecule has 1 aliphatic heterocycles. The fourth-order valence-electron chi connectivity index (χ4n) is 3.94. The van der Waals surface area contributed by atoms with Crippen LogP contribution in [0.25, 0.3) is 10.8 Å². The molecule has 3 unspecified atom stereocenters. The van der Waals surface area contributed by atoms with Gasteiger partial charge in [0.25, 0.3) is 5.91 Å². The Balaban J connectivity index is 1.70. The van der Waals surface area contributed by atoms with Crippen LogP contribution in [0.4, 0.5) is 0 Å².